The summed E-state index contributed by atoms with van der Waals surface area (Å²) >= 11 is 6.89. The molecule has 2 N–H and O–H groups in total. The van der Waals surface area contributed by atoms with Crippen LogP contribution in [0.5, 0.6) is 0 Å². The zero-order valence-corrected chi connectivity index (χ0v) is 12.3. The van der Waals surface area contributed by atoms with Crippen molar-refractivity contribution in [2.45, 2.75) is 0 Å². The number of pyridine rings is 1. The van der Waals surface area contributed by atoms with Crippen LogP contribution < -0.4 is 5.73 Å². The van der Waals surface area contributed by atoms with Crippen molar-refractivity contribution in [1.29, 1.82) is 0 Å². The van der Waals surface area contributed by atoms with E-state index >= 15 is 0 Å². The van der Waals surface area contributed by atoms with Gasteiger partial charge in [0.05, 0.1) is 5.69 Å². The molecule has 3 aromatic rings. The maximum Gasteiger partial charge on any atom is 0.170 e. The molecule has 0 atom stereocenters. The van der Waals surface area contributed by atoms with Gasteiger partial charge in [0.15, 0.2) is 11.5 Å². The largest absolute Gasteiger partial charge is 0.397 e. The van der Waals surface area contributed by atoms with E-state index in [1.165, 1.54) is 0 Å². The lowest BCUT2D eigenvalue weighted by atomic mass is 10.1. The minimum Gasteiger partial charge on any atom is -0.397 e. The minimum atomic E-state index is 0.649. The molecular formula is C12H8Br2N4. The second kappa shape index (κ2) is 4.37. The molecular weight excluding hydrogens is 360 g/mol. The fourth-order valence-corrected chi connectivity index (χ4v) is 3.02. The molecule has 6 heteroatoms. The summed E-state index contributed by atoms with van der Waals surface area (Å²) in [5, 5.41) is 8.32. The molecule has 0 radical (unpaired) electrons. The van der Waals surface area contributed by atoms with E-state index in [2.05, 4.69) is 42.1 Å². The zero-order chi connectivity index (χ0) is 12.7. The number of nitrogen functional groups attached to an aromatic ring is 1. The Morgan fingerprint density at radius 1 is 1.11 bits per heavy atom. The highest BCUT2D eigenvalue weighted by Crippen LogP contribution is 2.34. The highest BCUT2D eigenvalue weighted by atomic mass is 79.9. The number of hydrogen-bond donors (Lipinski definition) is 1. The van der Waals surface area contributed by atoms with Crippen molar-refractivity contribution in [3.05, 3.63) is 45.5 Å². The maximum absolute atomic E-state index is 6.08. The number of hydrogen-bond acceptors (Lipinski definition) is 3. The van der Waals surface area contributed by atoms with Crippen LogP contribution >= 0.6 is 31.9 Å². The molecule has 0 amide bonds. The summed E-state index contributed by atoms with van der Waals surface area (Å²) in [7, 11) is 0. The number of halogens is 2. The van der Waals surface area contributed by atoms with E-state index < -0.39 is 0 Å². The molecule has 1 aromatic carbocycles. The van der Waals surface area contributed by atoms with Crippen LogP contribution in [-0.4, -0.2) is 14.6 Å². The number of benzene rings is 1. The molecule has 0 unspecified atom stereocenters. The first-order valence-corrected chi connectivity index (χ1v) is 6.80. The number of fused-ring (bicyclic) bond motifs is 1. The Kier molecular flexibility index (Phi) is 2.83. The van der Waals surface area contributed by atoms with Gasteiger partial charge in [-0.15, -0.1) is 10.2 Å². The topological polar surface area (TPSA) is 56.2 Å². The van der Waals surface area contributed by atoms with Gasteiger partial charge < -0.3 is 5.73 Å². The molecule has 90 valence electrons. The van der Waals surface area contributed by atoms with Crippen LogP contribution in [0.25, 0.3) is 17.0 Å². The summed E-state index contributed by atoms with van der Waals surface area (Å²) in [5.74, 6) is 0.727. The molecule has 2 heterocycles. The van der Waals surface area contributed by atoms with Gasteiger partial charge in [-0.3, -0.25) is 4.40 Å². The van der Waals surface area contributed by atoms with Gasteiger partial charge in [0.25, 0.3) is 0 Å². The van der Waals surface area contributed by atoms with Crippen molar-refractivity contribution in [2.24, 2.45) is 0 Å². The Morgan fingerprint density at radius 3 is 2.78 bits per heavy atom. The van der Waals surface area contributed by atoms with Crippen LogP contribution in [0.4, 0.5) is 5.69 Å². The molecule has 2 aromatic heterocycles. The monoisotopic (exact) mass is 366 g/mol. The van der Waals surface area contributed by atoms with Gasteiger partial charge in [0.2, 0.25) is 0 Å². The lowest BCUT2D eigenvalue weighted by Crippen LogP contribution is -1.96. The summed E-state index contributed by atoms with van der Waals surface area (Å²) in [5.41, 5.74) is 8.37. The first kappa shape index (κ1) is 11.7. The second-order valence-electron chi connectivity index (χ2n) is 3.80. The average molecular weight is 368 g/mol. The molecule has 0 spiro atoms. The van der Waals surface area contributed by atoms with E-state index in [1.807, 2.05) is 40.9 Å². The molecule has 4 nitrogen and oxygen atoms in total. The Bertz CT molecular complexity index is 736. The number of rotatable bonds is 1. The van der Waals surface area contributed by atoms with Crippen LogP contribution in [0.2, 0.25) is 0 Å². The van der Waals surface area contributed by atoms with E-state index in [0.717, 1.165) is 26.0 Å². The summed E-state index contributed by atoms with van der Waals surface area (Å²) in [6.07, 6.45) is 1.92. The minimum absolute atomic E-state index is 0.649. The number of anilines is 1. The molecule has 0 aliphatic carbocycles. The molecule has 0 aliphatic heterocycles. The predicted molar refractivity (Wildman–Crippen MR) is 78.2 cm³/mol. The molecule has 3 rings (SSSR count). The van der Waals surface area contributed by atoms with Crippen LogP contribution in [0.15, 0.2) is 45.5 Å². The SMILES string of the molecule is Nc1c(Br)cc(Br)cc1-c1nnc2ccccn12. The highest BCUT2D eigenvalue weighted by Gasteiger charge is 2.13. The average Bonchev–Trinajstić information content (AvgIpc) is 2.77. The van der Waals surface area contributed by atoms with Gasteiger partial charge >= 0.3 is 0 Å². The summed E-state index contributed by atoms with van der Waals surface area (Å²) in [6, 6.07) is 9.60. The van der Waals surface area contributed by atoms with E-state index in [9.17, 15) is 0 Å². The summed E-state index contributed by atoms with van der Waals surface area (Å²) < 4.78 is 3.68. The van der Waals surface area contributed by atoms with Crippen molar-refractivity contribution >= 4 is 43.2 Å². The van der Waals surface area contributed by atoms with Crippen LogP contribution in [0.1, 0.15) is 0 Å². The predicted octanol–water partition coefficient (Wildman–Crippen LogP) is 3.50. The Labute approximate surface area is 120 Å². The van der Waals surface area contributed by atoms with Crippen molar-refractivity contribution in [2.75, 3.05) is 5.73 Å². The normalized spacial score (nSPS) is 11.0. The Morgan fingerprint density at radius 2 is 1.94 bits per heavy atom. The maximum atomic E-state index is 6.08. The Balaban J connectivity index is 2.33. The van der Waals surface area contributed by atoms with Gasteiger partial charge in [-0.05, 0) is 40.2 Å². The van der Waals surface area contributed by atoms with Crippen molar-refractivity contribution < 1.29 is 0 Å². The lowest BCUT2D eigenvalue weighted by molar-refractivity contribution is 1.11. The number of aromatic nitrogens is 3. The van der Waals surface area contributed by atoms with Crippen LogP contribution in [0.3, 0.4) is 0 Å². The first-order chi connectivity index (χ1) is 8.66. The van der Waals surface area contributed by atoms with Crippen molar-refractivity contribution in [3.63, 3.8) is 0 Å². The number of nitrogens with zero attached hydrogens (tertiary/aromatic N) is 3. The third kappa shape index (κ3) is 1.81. The fraction of sp³-hybridized carbons (Fsp3) is 0. The standard InChI is InChI=1S/C12H8Br2N4/c13-7-5-8(11(15)9(14)6-7)12-17-16-10-3-1-2-4-18(10)12/h1-6H,15H2. The van der Waals surface area contributed by atoms with Gasteiger partial charge in [-0.2, -0.15) is 0 Å². The lowest BCUT2D eigenvalue weighted by Gasteiger charge is -2.07. The molecule has 18 heavy (non-hydrogen) atoms. The fourth-order valence-electron chi connectivity index (χ4n) is 1.79. The third-order valence-corrected chi connectivity index (χ3v) is 3.76. The van der Waals surface area contributed by atoms with Gasteiger partial charge in [0.1, 0.15) is 0 Å². The molecule has 0 bridgehead atoms. The van der Waals surface area contributed by atoms with E-state index in [0.29, 0.717) is 5.69 Å². The molecule has 0 saturated heterocycles. The van der Waals surface area contributed by atoms with Crippen LogP contribution in [0, 0.1) is 0 Å². The van der Waals surface area contributed by atoms with E-state index in [1.54, 1.807) is 0 Å². The smallest absolute Gasteiger partial charge is 0.170 e. The summed E-state index contributed by atoms with van der Waals surface area (Å²) in [6.45, 7) is 0. The second-order valence-corrected chi connectivity index (χ2v) is 5.57. The third-order valence-electron chi connectivity index (χ3n) is 2.65. The van der Waals surface area contributed by atoms with E-state index in [-0.39, 0.29) is 0 Å². The molecule has 0 saturated carbocycles. The first-order valence-electron chi connectivity index (χ1n) is 5.21. The van der Waals surface area contributed by atoms with Gasteiger partial charge in [-0.1, -0.05) is 22.0 Å². The summed E-state index contributed by atoms with van der Waals surface area (Å²) in [4.78, 5) is 0. The van der Waals surface area contributed by atoms with Gasteiger partial charge in [0, 0.05) is 20.7 Å². The van der Waals surface area contributed by atoms with Crippen molar-refractivity contribution in [3.8, 4) is 11.4 Å². The van der Waals surface area contributed by atoms with E-state index in [4.69, 9.17) is 5.73 Å². The number of nitrogens with two attached hydrogens (primary N) is 1. The quantitative estimate of drug-likeness (QED) is 0.669. The zero-order valence-electron chi connectivity index (χ0n) is 9.14. The van der Waals surface area contributed by atoms with Gasteiger partial charge in [-0.25, -0.2) is 0 Å². The van der Waals surface area contributed by atoms with Crippen molar-refractivity contribution in [1.82, 2.24) is 14.6 Å². The molecule has 0 fully saturated rings. The molecule has 0 aliphatic rings. The van der Waals surface area contributed by atoms with Crippen LogP contribution in [-0.2, 0) is 0 Å². The highest BCUT2D eigenvalue weighted by molar-refractivity contribution is 9.11. The Hall–Kier alpha value is -1.40.